The molecule has 0 aromatic heterocycles. The topological polar surface area (TPSA) is 49.3 Å². The number of hydrogen-bond acceptors (Lipinski definition) is 3. The maximum Gasteiger partial charge on any atom is 0.157 e. The van der Waals surface area contributed by atoms with Crippen LogP contribution in [-0.4, -0.2) is 17.5 Å². The number of hydrogen-bond donors (Lipinski definition) is 2. The number of carbonyl (C=O) groups excluding carboxylic acids is 1. The zero-order valence-corrected chi connectivity index (χ0v) is 9.73. The molecule has 2 rings (SSSR count). The molecular formula is C14H17NO2. The Labute approximate surface area is 101 Å². The van der Waals surface area contributed by atoms with Gasteiger partial charge >= 0.3 is 0 Å². The van der Waals surface area contributed by atoms with E-state index in [0.717, 1.165) is 24.1 Å². The van der Waals surface area contributed by atoms with Crippen molar-refractivity contribution < 1.29 is 9.90 Å². The molecule has 17 heavy (non-hydrogen) atoms. The lowest BCUT2D eigenvalue weighted by molar-refractivity contribution is -0.115. The van der Waals surface area contributed by atoms with Crippen LogP contribution in [0, 0.1) is 0 Å². The van der Waals surface area contributed by atoms with E-state index in [4.69, 9.17) is 0 Å². The molecule has 0 fully saturated rings. The zero-order valence-electron chi connectivity index (χ0n) is 9.73. The number of ketones is 1. The molecule has 2 N–H and O–H groups in total. The summed E-state index contributed by atoms with van der Waals surface area (Å²) in [5.41, 5.74) is 1.97. The third-order valence-corrected chi connectivity index (χ3v) is 2.95. The SMILES string of the molecule is O=C1C=C(NC(CO)c2ccccc2)CCC1. The molecule has 1 aromatic carbocycles. The molecule has 0 amide bonds. The molecule has 1 aliphatic carbocycles. The Kier molecular flexibility index (Phi) is 3.94. The Hall–Kier alpha value is -1.61. The quantitative estimate of drug-likeness (QED) is 0.832. The summed E-state index contributed by atoms with van der Waals surface area (Å²) in [5, 5.41) is 12.6. The van der Waals surface area contributed by atoms with Crippen molar-refractivity contribution in [1.82, 2.24) is 5.32 Å². The van der Waals surface area contributed by atoms with Gasteiger partial charge in [-0.2, -0.15) is 0 Å². The van der Waals surface area contributed by atoms with Crippen LogP contribution in [0.15, 0.2) is 42.1 Å². The summed E-state index contributed by atoms with van der Waals surface area (Å²) in [6, 6.07) is 9.65. The summed E-state index contributed by atoms with van der Waals surface area (Å²) in [6.07, 6.45) is 4.08. The van der Waals surface area contributed by atoms with Crippen LogP contribution in [0.3, 0.4) is 0 Å². The maximum absolute atomic E-state index is 11.3. The molecule has 0 spiro atoms. The molecule has 1 aliphatic rings. The minimum absolute atomic E-state index is 0.0234. The van der Waals surface area contributed by atoms with Gasteiger partial charge in [0.1, 0.15) is 0 Å². The van der Waals surface area contributed by atoms with E-state index >= 15 is 0 Å². The van der Waals surface area contributed by atoms with Crippen molar-refractivity contribution in [1.29, 1.82) is 0 Å². The van der Waals surface area contributed by atoms with Crippen LogP contribution in [0.4, 0.5) is 0 Å². The summed E-state index contributed by atoms with van der Waals surface area (Å²) in [7, 11) is 0. The van der Waals surface area contributed by atoms with Gasteiger partial charge in [0.05, 0.1) is 12.6 Å². The third kappa shape index (κ3) is 3.17. The van der Waals surface area contributed by atoms with Crippen molar-refractivity contribution in [3.05, 3.63) is 47.7 Å². The Morgan fingerprint density at radius 2 is 2.00 bits per heavy atom. The number of allylic oxidation sites excluding steroid dienone is 2. The van der Waals surface area contributed by atoms with E-state index in [1.54, 1.807) is 6.08 Å². The van der Waals surface area contributed by atoms with Crippen LogP contribution >= 0.6 is 0 Å². The predicted octanol–water partition coefficient (Wildman–Crippen LogP) is 1.95. The van der Waals surface area contributed by atoms with E-state index in [1.807, 2.05) is 30.3 Å². The van der Waals surface area contributed by atoms with Crippen LogP contribution < -0.4 is 5.32 Å². The van der Waals surface area contributed by atoms with Crippen molar-refractivity contribution in [2.24, 2.45) is 0 Å². The smallest absolute Gasteiger partial charge is 0.157 e. The van der Waals surface area contributed by atoms with Gasteiger partial charge in [0.25, 0.3) is 0 Å². The minimum Gasteiger partial charge on any atom is -0.394 e. The van der Waals surface area contributed by atoms with Gasteiger partial charge in [-0.25, -0.2) is 0 Å². The fourth-order valence-corrected chi connectivity index (χ4v) is 2.05. The number of benzene rings is 1. The summed E-state index contributed by atoms with van der Waals surface area (Å²) >= 11 is 0. The predicted molar refractivity (Wildman–Crippen MR) is 66.3 cm³/mol. The lowest BCUT2D eigenvalue weighted by atomic mass is 10.0. The first-order chi connectivity index (χ1) is 8.29. The van der Waals surface area contributed by atoms with Crippen molar-refractivity contribution in [2.75, 3.05) is 6.61 Å². The molecule has 0 bridgehead atoms. The Morgan fingerprint density at radius 1 is 1.24 bits per heavy atom. The molecule has 0 heterocycles. The second kappa shape index (κ2) is 5.64. The van der Waals surface area contributed by atoms with Crippen LogP contribution in [0.25, 0.3) is 0 Å². The highest BCUT2D eigenvalue weighted by atomic mass is 16.3. The van der Waals surface area contributed by atoms with E-state index in [1.165, 1.54) is 0 Å². The lowest BCUT2D eigenvalue weighted by Crippen LogP contribution is -2.25. The number of aliphatic hydroxyl groups is 1. The minimum atomic E-state index is -0.131. The normalized spacial score (nSPS) is 17.5. The van der Waals surface area contributed by atoms with E-state index in [2.05, 4.69) is 5.32 Å². The molecule has 0 saturated heterocycles. The molecule has 0 aliphatic heterocycles. The third-order valence-electron chi connectivity index (χ3n) is 2.95. The lowest BCUT2D eigenvalue weighted by Gasteiger charge is -2.22. The Bertz CT molecular complexity index is 411. The van der Waals surface area contributed by atoms with Gasteiger partial charge in [-0.3, -0.25) is 4.79 Å². The Balaban J connectivity index is 2.08. The van der Waals surface area contributed by atoms with E-state index in [9.17, 15) is 9.90 Å². The van der Waals surface area contributed by atoms with Gasteiger partial charge in [0.2, 0.25) is 0 Å². The summed E-state index contributed by atoms with van der Waals surface area (Å²) < 4.78 is 0. The number of nitrogens with one attached hydrogen (secondary N) is 1. The van der Waals surface area contributed by atoms with Gasteiger partial charge in [0, 0.05) is 18.2 Å². The van der Waals surface area contributed by atoms with Crippen molar-refractivity contribution in [3.8, 4) is 0 Å². The molecule has 1 aromatic rings. The maximum atomic E-state index is 11.3. The second-order valence-corrected chi connectivity index (χ2v) is 4.28. The fraction of sp³-hybridized carbons (Fsp3) is 0.357. The molecular weight excluding hydrogens is 214 g/mol. The zero-order chi connectivity index (χ0) is 12.1. The van der Waals surface area contributed by atoms with Crippen molar-refractivity contribution in [2.45, 2.75) is 25.3 Å². The molecule has 1 unspecified atom stereocenters. The monoisotopic (exact) mass is 231 g/mol. The summed E-state index contributed by atoms with van der Waals surface area (Å²) in [5.74, 6) is 0.170. The van der Waals surface area contributed by atoms with E-state index in [0.29, 0.717) is 6.42 Å². The second-order valence-electron chi connectivity index (χ2n) is 4.28. The first-order valence-electron chi connectivity index (χ1n) is 5.95. The van der Waals surface area contributed by atoms with Gasteiger partial charge in [-0.1, -0.05) is 30.3 Å². The van der Waals surface area contributed by atoms with Crippen LogP contribution in [0.2, 0.25) is 0 Å². The summed E-state index contributed by atoms with van der Waals surface area (Å²) in [6.45, 7) is 0.0234. The number of carbonyl (C=O) groups is 1. The first-order valence-corrected chi connectivity index (χ1v) is 5.95. The average Bonchev–Trinajstić information content (AvgIpc) is 2.37. The van der Waals surface area contributed by atoms with Crippen molar-refractivity contribution in [3.63, 3.8) is 0 Å². The van der Waals surface area contributed by atoms with Crippen LogP contribution in [0.5, 0.6) is 0 Å². The average molecular weight is 231 g/mol. The molecule has 3 heteroatoms. The highest BCUT2D eigenvalue weighted by molar-refractivity contribution is 5.91. The first kappa shape index (κ1) is 11.9. The highest BCUT2D eigenvalue weighted by Gasteiger charge is 2.14. The fourth-order valence-electron chi connectivity index (χ4n) is 2.05. The number of rotatable bonds is 4. The standard InChI is InChI=1S/C14H17NO2/c16-10-14(11-5-2-1-3-6-11)15-12-7-4-8-13(17)9-12/h1-3,5-6,9,14-16H,4,7-8,10H2. The summed E-state index contributed by atoms with van der Waals surface area (Å²) in [4.78, 5) is 11.3. The molecule has 90 valence electrons. The molecule has 1 atom stereocenters. The van der Waals surface area contributed by atoms with Gasteiger partial charge in [-0.05, 0) is 18.4 Å². The van der Waals surface area contributed by atoms with Crippen LogP contribution in [0.1, 0.15) is 30.9 Å². The van der Waals surface area contributed by atoms with E-state index < -0.39 is 0 Å². The van der Waals surface area contributed by atoms with Gasteiger partial charge < -0.3 is 10.4 Å². The number of aliphatic hydroxyl groups excluding tert-OH is 1. The van der Waals surface area contributed by atoms with Gasteiger partial charge in [0.15, 0.2) is 5.78 Å². The van der Waals surface area contributed by atoms with Crippen molar-refractivity contribution >= 4 is 5.78 Å². The van der Waals surface area contributed by atoms with Gasteiger partial charge in [-0.15, -0.1) is 0 Å². The largest absolute Gasteiger partial charge is 0.394 e. The Morgan fingerprint density at radius 3 is 2.65 bits per heavy atom. The molecule has 3 nitrogen and oxygen atoms in total. The van der Waals surface area contributed by atoms with Crippen LogP contribution in [-0.2, 0) is 4.79 Å². The molecule has 0 saturated carbocycles. The molecule has 0 radical (unpaired) electrons. The highest BCUT2D eigenvalue weighted by Crippen LogP contribution is 2.18. The van der Waals surface area contributed by atoms with E-state index in [-0.39, 0.29) is 18.4 Å².